The van der Waals surface area contributed by atoms with Crippen LogP contribution in [0, 0.1) is 0 Å². The second-order valence-corrected chi connectivity index (χ2v) is 5.13. The lowest BCUT2D eigenvalue weighted by Crippen LogP contribution is -2.37. The quantitative estimate of drug-likeness (QED) is 0.637. The highest BCUT2D eigenvalue weighted by Gasteiger charge is 2.10. The van der Waals surface area contributed by atoms with E-state index in [1.165, 1.54) is 5.56 Å². The minimum absolute atomic E-state index is 0.244. The van der Waals surface area contributed by atoms with Crippen molar-refractivity contribution in [2.45, 2.75) is 25.3 Å². The van der Waals surface area contributed by atoms with Crippen LogP contribution in [0.1, 0.15) is 17.7 Å². The smallest absolute Gasteiger partial charge is 0.103 e. The zero-order valence-electron chi connectivity index (χ0n) is 10.1. The van der Waals surface area contributed by atoms with Gasteiger partial charge in [-0.3, -0.25) is 11.3 Å². The van der Waals surface area contributed by atoms with Gasteiger partial charge in [-0.1, -0.05) is 34.1 Å². The SMILES string of the molecule is NNC(CCc1ccco1)Cc1ccccc1Br. The number of hydrogen-bond donors (Lipinski definition) is 2. The van der Waals surface area contributed by atoms with Crippen molar-refractivity contribution in [1.82, 2.24) is 5.43 Å². The first-order valence-electron chi connectivity index (χ1n) is 6.01. The zero-order chi connectivity index (χ0) is 12.8. The number of rotatable bonds is 6. The Kier molecular flexibility index (Phi) is 4.99. The fourth-order valence-corrected chi connectivity index (χ4v) is 2.39. The third-order valence-electron chi connectivity index (χ3n) is 2.98. The molecular formula is C14H17BrN2O. The summed E-state index contributed by atoms with van der Waals surface area (Å²) in [5, 5.41) is 0. The molecule has 1 aromatic carbocycles. The van der Waals surface area contributed by atoms with Gasteiger partial charge < -0.3 is 4.42 Å². The summed E-state index contributed by atoms with van der Waals surface area (Å²) in [5.41, 5.74) is 4.14. The molecule has 1 atom stereocenters. The maximum absolute atomic E-state index is 5.61. The number of nitrogens with two attached hydrogens (primary N) is 1. The number of hydrazine groups is 1. The normalized spacial score (nSPS) is 12.6. The molecule has 0 saturated heterocycles. The van der Waals surface area contributed by atoms with Gasteiger partial charge in [0.1, 0.15) is 5.76 Å². The second-order valence-electron chi connectivity index (χ2n) is 4.28. The second kappa shape index (κ2) is 6.73. The summed E-state index contributed by atoms with van der Waals surface area (Å²) in [6.07, 6.45) is 4.45. The lowest BCUT2D eigenvalue weighted by atomic mass is 10.0. The van der Waals surface area contributed by atoms with Gasteiger partial charge >= 0.3 is 0 Å². The average molecular weight is 309 g/mol. The molecule has 0 radical (unpaired) electrons. The van der Waals surface area contributed by atoms with E-state index >= 15 is 0 Å². The minimum Gasteiger partial charge on any atom is -0.469 e. The van der Waals surface area contributed by atoms with E-state index in [-0.39, 0.29) is 6.04 Å². The summed E-state index contributed by atoms with van der Waals surface area (Å²) in [6.45, 7) is 0. The first-order chi connectivity index (χ1) is 8.79. The molecule has 2 rings (SSSR count). The van der Waals surface area contributed by atoms with Crippen LogP contribution < -0.4 is 11.3 Å². The van der Waals surface area contributed by atoms with Gasteiger partial charge in [0.15, 0.2) is 0 Å². The Labute approximate surface area is 115 Å². The molecule has 3 N–H and O–H groups in total. The molecule has 0 bridgehead atoms. The number of halogens is 1. The first-order valence-corrected chi connectivity index (χ1v) is 6.81. The lowest BCUT2D eigenvalue weighted by molar-refractivity contribution is 0.447. The largest absolute Gasteiger partial charge is 0.469 e. The van der Waals surface area contributed by atoms with Gasteiger partial charge in [-0.25, -0.2) is 0 Å². The number of furan rings is 1. The van der Waals surface area contributed by atoms with Gasteiger partial charge in [-0.15, -0.1) is 0 Å². The van der Waals surface area contributed by atoms with E-state index in [2.05, 4.69) is 33.5 Å². The molecule has 2 aromatic rings. The predicted octanol–water partition coefficient (Wildman–Crippen LogP) is 3.05. The van der Waals surface area contributed by atoms with E-state index < -0.39 is 0 Å². The molecule has 0 spiro atoms. The molecule has 3 nitrogen and oxygen atoms in total. The van der Waals surface area contributed by atoms with Crippen molar-refractivity contribution in [3.8, 4) is 0 Å². The molecule has 1 unspecified atom stereocenters. The van der Waals surface area contributed by atoms with E-state index in [9.17, 15) is 0 Å². The molecule has 0 saturated carbocycles. The Balaban J connectivity index is 1.91. The molecule has 0 aliphatic rings. The van der Waals surface area contributed by atoms with Gasteiger partial charge in [0.2, 0.25) is 0 Å². The molecule has 0 amide bonds. The van der Waals surface area contributed by atoms with Gasteiger partial charge in [0.05, 0.1) is 6.26 Å². The molecule has 18 heavy (non-hydrogen) atoms. The van der Waals surface area contributed by atoms with Crippen LogP contribution in [0.25, 0.3) is 0 Å². The fourth-order valence-electron chi connectivity index (χ4n) is 1.95. The van der Waals surface area contributed by atoms with Crippen molar-refractivity contribution < 1.29 is 4.42 Å². The highest BCUT2D eigenvalue weighted by atomic mass is 79.9. The van der Waals surface area contributed by atoms with Crippen LogP contribution in [0.3, 0.4) is 0 Å². The van der Waals surface area contributed by atoms with Crippen LogP contribution in [0.5, 0.6) is 0 Å². The maximum Gasteiger partial charge on any atom is 0.103 e. The third-order valence-corrected chi connectivity index (χ3v) is 3.75. The summed E-state index contributed by atoms with van der Waals surface area (Å²) in [4.78, 5) is 0. The topological polar surface area (TPSA) is 51.2 Å². The average Bonchev–Trinajstić information content (AvgIpc) is 2.90. The third kappa shape index (κ3) is 3.70. The number of hydrogen-bond acceptors (Lipinski definition) is 3. The van der Waals surface area contributed by atoms with E-state index in [1.807, 2.05) is 24.3 Å². The minimum atomic E-state index is 0.244. The Morgan fingerprint density at radius 3 is 2.72 bits per heavy atom. The van der Waals surface area contributed by atoms with Crippen LogP contribution in [0.4, 0.5) is 0 Å². The Morgan fingerprint density at radius 2 is 2.06 bits per heavy atom. The molecule has 4 heteroatoms. The lowest BCUT2D eigenvalue weighted by Gasteiger charge is -2.16. The summed E-state index contributed by atoms with van der Waals surface area (Å²) in [6, 6.07) is 12.4. The zero-order valence-corrected chi connectivity index (χ0v) is 11.7. The van der Waals surface area contributed by atoms with E-state index in [1.54, 1.807) is 6.26 Å². The predicted molar refractivity (Wildman–Crippen MR) is 76.0 cm³/mol. The van der Waals surface area contributed by atoms with Gasteiger partial charge in [-0.2, -0.15) is 0 Å². The van der Waals surface area contributed by atoms with Crippen LogP contribution in [-0.4, -0.2) is 6.04 Å². The summed E-state index contributed by atoms with van der Waals surface area (Å²) in [5.74, 6) is 6.62. The highest BCUT2D eigenvalue weighted by molar-refractivity contribution is 9.10. The molecule has 1 aromatic heterocycles. The summed E-state index contributed by atoms with van der Waals surface area (Å²) in [7, 11) is 0. The molecule has 96 valence electrons. The monoisotopic (exact) mass is 308 g/mol. The fraction of sp³-hybridized carbons (Fsp3) is 0.286. The van der Waals surface area contributed by atoms with Crippen LogP contribution in [0.15, 0.2) is 51.6 Å². The standard InChI is InChI=1S/C14H17BrN2O/c15-14-6-2-1-4-11(14)10-12(17-16)7-8-13-5-3-9-18-13/h1-6,9,12,17H,7-8,10,16H2. The molecule has 1 heterocycles. The van der Waals surface area contributed by atoms with Gasteiger partial charge in [0.25, 0.3) is 0 Å². The Morgan fingerprint density at radius 1 is 1.22 bits per heavy atom. The first kappa shape index (κ1) is 13.3. The molecule has 0 aliphatic heterocycles. The van der Waals surface area contributed by atoms with Crippen molar-refractivity contribution in [3.63, 3.8) is 0 Å². The van der Waals surface area contributed by atoms with E-state index in [4.69, 9.17) is 10.3 Å². The summed E-state index contributed by atoms with van der Waals surface area (Å²) >= 11 is 3.56. The molecule has 0 aliphatic carbocycles. The van der Waals surface area contributed by atoms with E-state index in [0.717, 1.165) is 29.5 Å². The molecular weight excluding hydrogens is 292 g/mol. The summed E-state index contributed by atoms with van der Waals surface area (Å²) < 4.78 is 6.45. The van der Waals surface area contributed by atoms with Gasteiger partial charge in [0, 0.05) is 16.9 Å². The van der Waals surface area contributed by atoms with Crippen LogP contribution in [0.2, 0.25) is 0 Å². The Hall–Kier alpha value is -1.10. The van der Waals surface area contributed by atoms with Crippen molar-refractivity contribution in [2.24, 2.45) is 5.84 Å². The number of benzene rings is 1. The Bertz CT molecular complexity index is 470. The highest BCUT2D eigenvalue weighted by Crippen LogP contribution is 2.18. The maximum atomic E-state index is 5.61. The van der Waals surface area contributed by atoms with Crippen LogP contribution in [-0.2, 0) is 12.8 Å². The van der Waals surface area contributed by atoms with Crippen molar-refractivity contribution in [3.05, 3.63) is 58.5 Å². The van der Waals surface area contributed by atoms with Crippen LogP contribution >= 0.6 is 15.9 Å². The van der Waals surface area contributed by atoms with Crippen molar-refractivity contribution in [1.29, 1.82) is 0 Å². The number of nitrogens with one attached hydrogen (secondary N) is 1. The molecule has 0 fully saturated rings. The number of aryl methyl sites for hydroxylation is 1. The van der Waals surface area contributed by atoms with Gasteiger partial charge in [-0.05, 0) is 36.6 Å². The van der Waals surface area contributed by atoms with Crippen molar-refractivity contribution >= 4 is 15.9 Å². The van der Waals surface area contributed by atoms with E-state index in [0.29, 0.717) is 0 Å². The van der Waals surface area contributed by atoms with Crippen molar-refractivity contribution in [2.75, 3.05) is 0 Å².